The summed E-state index contributed by atoms with van der Waals surface area (Å²) in [6.45, 7) is 1.44. The van der Waals surface area contributed by atoms with E-state index in [0.717, 1.165) is 49.1 Å². The van der Waals surface area contributed by atoms with Crippen molar-refractivity contribution in [2.45, 2.75) is 38.0 Å². The first-order chi connectivity index (χ1) is 11.7. The monoisotopic (exact) mass is 390 g/mol. The van der Waals surface area contributed by atoms with Gasteiger partial charge >= 0.3 is 0 Å². The van der Waals surface area contributed by atoms with Crippen LogP contribution in [-0.2, 0) is 17.6 Å². The third-order valence-corrected chi connectivity index (χ3v) is 5.41. The van der Waals surface area contributed by atoms with Gasteiger partial charge in [0.05, 0.1) is 5.69 Å². The zero-order chi connectivity index (χ0) is 16.5. The zero-order valence-corrected chi connectivity index (χ0v) is 14.9. The molecule has 6 heteroatoms. The second-order valence-corrected chi connectivity index (χ2v) is 7.22. The third-order valence-electron chi connectivity index (χ3n) is 4.75. The highest BCUT2D eigenvalue weighted by Gasteiger charge is 2.23. The molecule has 1 aromatic heterocycles. The molecule has 0 spiro atoms. The lowest BCUT2D eigenvalue weighted by atomic mass is 10.0. The van der Waals surface area contributed by atoms with Crippen molar-refractivity contribution in [1.82, 2.24) is 4.98 Å². The van der Waals surface area contributed by atoms with E-state index in [1.165, 1.54) is 23.8 Å². The normalized spacial score (nSPS) is 17.7. The van der Waals surface area contributed by atoms with Gasteiger partial charge in [0.25, 0.3) is 5.91 Å². The first-order valence-corrected chi connectivity index (χ1v) is 9.16. The molecule has 0 saturated carbocycles. The van der Waals surface area contributed by atoms with Crippen molar-refractivity contribution in [3.8, 4) is 0 Å². The van der Waals surface area contributed by atoms with E-state index in [9.17, 15) is 4.79 Å². The molecule has 0 radical (unpaired) electrons. The fourth-order valence-electron chi connectivity index (χ4n) is 3.40. The number of amides is 1. The molecule has 2 heterocycles. The van der Waals surface area contributed by atoms with Crippen LogP contribution in [0.1, 0.15) is 52.7 Å². The second-order valence-electron chi connectivity index (χ2n) is 6.37. The Hall–Kier alpha value is -1.66. The maximum atomic E-state index is 12.5. The number of hydrogen-bond donors (Lipinski definition) is 1. The summed E-state index contributed by atoms with van der Waals surface area (Å²) in [5.74, 6) is 0.638. The van der Waals surface area contributed by atoms with Crippen LogP contribution in [0.3, 0.4) is 0 Å². The SMILES string of the molecule is O=C(Nc1cc2c(cc1Br)CCC2)c1coc(C2CCOCC2)n1. The number of oxazole rings is 1. The van der Waals surface area contributed by atoms with Gasteiger partial charge in [-0.05, 0) is 71.3 Å². The summed E-state index contributed by atoms with van der Waals surface area (Å²) in [6.07, 6.45) is 6.58. The fourth-order valence-corrected chi connectivity index (χ4v) is 3.89. The summed E-state index contributed by atoms with van der Waals surface area (Å²) in [7, 11) is 0. The number of nitrogens with zero attached hydrogens (tertiary/aromatic N) is 1. The van der Waals surface area contributed by atoms with Crippen LogP contribution in [-0.4, -0.2) is 24.1 Å². The Kier molecular flexibility index (Phi) is 4.41. The highest BCUT2D eigenvalue weighted by Crippen LogP contribution is 2.32. The van der Waals surface area contributed by atoms with Crippen molar-refractivity contribution >= 4 is 27.5 Å². The Labute approximate surface area is 148 Å². The molecule has 1 saturated heterocycles. The van der Waals surface area contributed by atoms with Crippen LogP contribution in [0.5, 0.6) is 0 Å². The van der Waals surface area contributed by atoms with Crippen molar-refractivity contribution in [3.05, 3.63) is 45.6 Å². The van der Waals surface area contributed by atoms with Gasteiger partial charge in [-0.1, -0.05) is 0 Å². The van der Waals surface area contributed by atoms with Crippen LogP contribution in [0, 0.1) is 0 Å². The number of carbonyl (C=O) groups excluding carboxylic acids is 1. The van der Waals surface area contributed by atoms with Gasteiger partial charge in [0.15, 0.2) is 11.6 Å². The summed E-state index contributed by atoms with van der Waals surface area (Å²) in [5.41, 5.74) is 3.79. The van der Waals surface area contributed by atoms with Gasteiger partial charge in [0.1, 0.15) is 6.26 Å². The molecule has 1 amide bonds. The smallest absolute Gasteiger partial charge is 0.277 e. The van der Waals surface area contributed by atoms with Gasteiger partial charge in [-0.15, -0.1) is 0 Å². The molecular weight excluding hydrogens is 372 g/mol. The lowest BCUT2D eigenvalue weighted by Gasteiger charge is -2.18. The largest absolute Gasteiger partial charge is 0.448 e. The van der Waals surface area contributed by atoms with E-state index in [-0.39, 0.29) is 11.8 Å². The van der Waals surface area contributed by atoms with Crippen LogP contribution in [0.4, 0.5) is 5.69 Å². The van der Waals surface area contributed by atoms with Gasteiger partial charge < -0.3 is 14.5 Å². The molecule has 2 aliphatic rings. The van der Waals surface area contributed by atoms with E-state index in [0.29, 0.717) is 11.6 Å². The molecule has 1 aliphatic heterocycles. The summed E-state index contributed by atoms with van der Waals surface area (Å²) >= 11 is 3.55. The molecule has 5 nitrogen and oxygen atoms in total. The number of halogens is 1. The van der Waals surface area contributed by atoms with E-state index in [2.05, 4.69) is 38.4 Å². The summed E-state index contributed by atoms with van der Waals surface area (Å²) in [5, 5.41) is 2.94. The molecule has 0 bridgehead atoms. The topological polar surface area (TPSA) is 64.4 Å². The summed E-state index contributed by atoms with van der Waals surface area (Å²) in [4.78, 5) is 16.9. The van der Waals surface area contributed by atoms with Gasteiger partial charge in [0, 0.05) is 23.6 Å². The number of anilines is 1. The molecule has 24 heavy (non-hydrogen) atoms. The molecule has 1 aliphatic carbocycles. The molecule has 4 rings (SSSR count). The maximum Gasteiger partial charge on any atom is 0.277 e. The lowest BCUT2D eigenvalue weighted by Crippen LogP contribution is -2.16. The predicted octanol–water partition coefficient (Wildman–Crippen LogP) is 4.07. The maximum absolute atomic E-state index is 12.5. The number of ether oxygens (including phenoxy) is 1. The number of aromatic nitrogens is 1. The van der Waals surface area contributed by atoms with Crippen molar-refractivity contribution in [1.29, 1.82) is 0 Å². The number of carbonyl (C=O) groups is 1. The second kappa shape index (κ2) is 6.69. The van der Waals surface area contributed by atoms with Crippen molar-refractivity contribution in [3.63, 3.8) is 0 Å². The summed E-state index contributed by atoms with van der Waals surface area (Å²) in [6, 6.07) is 4.16. The van der Waals surface area contributed by atoms with Crippen LogP contribution >= 0.6 is 15.9 Å². The Balaban J connectivity index is 1.49. The lowest BCUT2D eigenvalue weighted by molar-refractivity contribution is 0.0794. The molecule has 0 unspecified atom stereocenters. The quantitative estimate of drug-likeness (QED) is 0.857. The van der Waals surface area contributed by atoms with Crippen LogP contribution in [0.2, 0.25) is 0 Å². The van der Waals surface area contributed by atoms with E-state index in [1.807, 2.05) is 0 Å². The zero-order valence-electron chi connectivity index (χ0n) is 13.3. The minimum atomic E-state index is -0.240. The van der Waals surface area contributed by atoms with E-state index in [4.69, 9.17) is 9.15 Å². The average molecular weight is 391 g/mol. The minimum Gasteiger partial charge on any atom is -0.448 e. The molecule has 1 N–H and O–H groups in total. The highest BCUT2D eigenvalue weighted by atomic mass is 79.9. The van der Waals surface area contributed by atoms with Crippen LogP contribution in [0.15, 0.2) is 27.3 Å². The van der Waals surface area contributed by atoms with Gasteiger partial charge in [-0.3, -0.25) is 4.79 Å². The third kappa shape index (κ3) is 3.13. The van der Waals surface area contributed by atoms with Crippen molar-refractivity contribution in [2.75, 3.05) is 18.5 Å². The number of hydrogen-bond acceptors (Lipinski definition) is 4. The Morgan fingerprint density at radius 3 is 2.75 bits per heavy atom. The average Bonchev–Trinajstić information content (AvgIpc) is 3.25. The first-order valence-electron chi connectivity index (χ1n) is 8.36. The van der Waals surface area contributed by atoms with Crippen molar-refractivity contribution < 1.29 is 13.9 Å². The number of fused-ring (bicyclic) bond motifs is 1. The van der Waals surface area contributed by atoms with Crippen molar-refractivity contribution in [2.24, 2.45) is 0 Å². The van der Waals surface area contributed by atoms with E-state index >= 15 is 0 Å². The van der Waals surface area contributed by atoms with E-state index in [1.54, 1.807) is 0 Å². The van der Waals surface area contributed by atoms with Gasteiger partial charge in [-0.2, -0.15) is 0 Å². The standard InChI is InChI=1S/C18H19BrN2O3/c19-14-8-12-2-1-3-13(12)9-15(14)20-17(22)16-10-24-18(21-16)11-4-6-23-7-5-11/h8-11H,1-7H2,(H,20,22). The number of nitrogens with one attached hydrogen (secondary N) is 1. The Bertz CT molecular complexity index is 766. The summed E-state index contributed by atoms with van der Waals surface area (Å²) < 4.78 is 11.8. The number of aryl methyl sites for hydroxylation is 2. The predicted molar refractivity (Wildman–Crippen MR) is 93.4 cm³/mol. The fraction of sp³-hybridized carbons (Fsp3) is 0.444. The Morgan fingerprint density at radius 1 is 1.21 bits per heavy atom. The molecule has 1 fully saturated rings. The first kappa shape index (κ1) is 15.8. The molecule has 126 valence electrons. The van der Waals surface area contributed by atoms with E-state index < -0.39 is 0 Å². The van der Waals surface area contributed by atoms with Gasteiger partial charge in [-0.25, -0.2) is 4.98 Å². The number of rotatable bonds is 3. The molecule has 0 atom stereocenters. The van der Waals surface area contributed by atoms with Crippen LogP contribution in [0.25, 0.3) is 0 Å². The molecular formula is C18H19BrN2O3. The number of benzene rings is 1. The van der Waals surface area contributed by atoms with Gasteiger partial charge in [0.2, 0.25) is 0 Å². The molecule has 1 aromatic carbocycles. The van der Waals surface area contributed by atoms with Crippen LogP contribution < -0.4 is 5.32 Å². The minimum absolute atomic E-state index is 0.240. The highest BCUT2D eigenvalue weighted by molar-refractivity contribution is 9.10. The Morgan fingerprint density at radius 2 is 1.96 bits per heavy atom. The molecule has 2 aromatic rings.